The lowest BCUT2D eigenvalue weighted by Gasteiger charge is -2.34. The monoisotopic (exact) mass is 450 g/mol. The second-order valence-electron chi connectivity index (χ2n) is 5.00. The number of thioether (sulfide) groups is 2. The van der Waals surface area contributed by atoms with E-state index < -0.39 is 4.33 Å². The molecular weight excluding hydrogens is 445 g/mol. The first-order chi connectivity index (χ1) is 10.1. The topological polar surface area (TPSA) is 0 Å². The van der Waals surface area contributed by atoms with Gasteiger partial charge < -0.3 is 0 Å². The molecule has 0 amide bonds. The van der Waals surface area contributed by atoms with E-state index in [1.807, 2.05) is 13.8 Å². The van der Waals surface area contributed by atoms with Crippen LogP contribution in [0.1, 0.15) is 18.9 Å². The van der Waals surface area contributed by atoms with Gasteiger partial charge in [-0.05, 0) is 25.0 Å². The molecule has 0 bridgehead atoms. The summed E-state index contributed by atoms with van der Waals surface area (Å²) in [4.78, 5) is 3.75. The maximum absolute atomic E-state index is 6.42. The number of rotatable bonds is 0. The standard InChI is InChI=1S/C14H8Cl6S2/c1-4-7(16)8(17)9(18)13-10(4)21-12-6(15)3-14(19,20)5(2)11(12)22-13/h3H2,1-2H3. The largest absolute Gasteiger partial charge is 0.145 e. The second-order valence-corrected chi connectivity index (χ2v) is 10.1. The molecule has 0 radical (unpaired) electrons. The highest BCUT2D eigenvalue weighted by atomic mass is 35.5. The molecule has 1 aromatic carbocycles. The average Bonchev–Trinajstić information content (AvgIpc) is 2.47. The van der Waals surface area contributed by atoms with Gasteiger partial charge in [-0.1, -0.05) is 93.1 Å². The first-order valence-corrected chi connectivity index (χ1v) is 10.1. The smallest absolute Gasteiger partial charge is 0.0962 e. The molecule has 8 heteroatoms. The molecule has 1 aliphatic heterocycles. The second kappa shape index (κ2) is 6.14. The van der Waals surface area contributed by atoms with Crippen LogP contribution in [0.5, 0.6) is 0 Å². The Kier molecular flexibility index (Phi) is 5.01. The van der Waals surface area contributed by atoms with Gasteiger partial charge in [-0.3, -0.25) is 0 Å². The molecule has 2 aliphatic rings. The van der Waals surface area contributed by atoms with E-state index in [1.165, 1.54) is 11.8 Å². The highest BCUT2D eigenvalue weighted by Crippen LogP contribution is 2.62. The molecule has 118 valence electrons. The van der Waals surface area contributed by atoms with Gasteiger partial charge in [0.2, 0.25) is 0 Å². The predicted octanol–water partition coefficient (Wildman–Crippen LogP) is 8.46. The van der Waals surface area contributed by atoms with Gasteiger partial charge in [0.05, 0.1) is 15.1 Å². The van der Waals surface area contributed by atoms with Crippen molar-refractivity contribution < 1.29 is 0 Å². The summed E-state index contributed by atoms with van der Waals surface area (Å²) in [6, 6.07) is 0. The molecule has 0 nitrogen and oxygen atoms in total. The van der Waals surface area contributed by atoms with Crippen LogP contribution in [-0.4, -0.2) is 4.33 Å². The summed E-state index contributed by atoms with van der Waals surface area (Å²) < 4.78 is -1.00. The number of hydrogen-bond donors (Lipinski definition) is 0. The van der Waals surface area contributed by atoms with Crippen LogP contribution in [0.4, 0.5) is 0 Å². The van der Waals surface area contributed by atoms with Crippen molar-refractivity contribution >= 4 is 93.1 Å². The molecule has 0 fully saturated rings. The van der Waals surface area contributed by atoms with E-state index in [4.69, 9.17) is 69.6 Å². The first kappa shape index (κ1) is 17.9. The van der Waals surface area contributed by atoms with E-state index >= 15 is 0 Å². The number of halogens is 6. The molecule has 0 aromatic heterocycles. The maximum atomic E-state index is 6.42. The van der Waals surface area contributed by atoms with Crippen LogP contribution in [-0.2, 0) is 0 Å². The summed E-state index contributed by atoms with van der Waals surface area (Å²) in [6.45, 7) is 3.83. The van der Waals surface area contributed by atoms with Crippen LogP contribution < -0.4 is 0 Å². The van der Waals surface area contributed by atoms with Crippen molar-refractivity contribution in [3.63, 3.8) is 0 Å². The summed E-state index contributed by atoms with van der Waals surface area (Å²) in [5, 5.41) is 1.93. The van der Waals surface area contributed by atoms with Crippen molar-refractivity contribution in [2.45, 2.75) is 34.4 Å². The van der Waals surface area contributed by atoms with Crippen LogP contribution >= 0.6 is 93.1 Å². The number of benzene rings is 1. The van der Waals surface area contributed by atoms with E-state index in [1.54, 1.807) is 11.8 Å². The lowest BCUT2D eigenvalue weighted by molar-refractivity contribution is 0.873. The Morgan fingerprint density at radius 3 is 2.05 bits per heavy atom. The van der Waals surface area contributed by atoms with E-state index in [0.29, 0.717) is 26.5 Å². The third kappa shape index (κ3) is 2.72. The molecule has 1 heterocycles. The summed E-state index contributed by atoms with van der Waals surface area (Å²) in [7, 11) is 0. The zero-order valence-corrected chi connectivity index (χ0v) is 17.5. The fourth-order valence-corrected chi connectivity index (χ4v) is 7.13. The van der Waals surface area contributed by atoms with Crippen molar-refractivity contribution in [3.8, 4) is 0 Å². The normalized spacial score (nSPS) is 20.2. The number of alkyl halides is 2. The van der Waals surface area contributed by atoms with Gasteiger partial charge in [0.15, 0.2) is 0 Å². The Balaban J connectivity index is 2.28. The van der Waals surface area contributed by atoms with Crippen LogP contribution in [0.25, 0.3) is 0 Å². The van der Waals surface area contributed by atoms with Crippen molar-refractivity contribution in [2.24, 2.45) is 0 Å². The SMILES string of the molecule is CC1=C2Sc3c(Cl)c(Cl)c(Cl)c(C)c3SC2=C(Cl)CC1(Cl)Cl. The zero-order chi connectivity index (χ0) is 16.4. The molecule has 22 heavy (non-hydrogen) atoms. The van der Waals surface area contributed by atoms with Gasteiger partial charge >= 0.3 is 0 Å². The Bertz CT molecular complexity index is 763. The van der Waals surface area contributed by atoms with Crippen LogP contribution in [0, 0.1) is 6.92 Å². The first-order valence-electron chi connectivity index (χ1n) is 6.16. The lowest BCUT2D eigenvalue weighted by atomic mass is 10.1. The van der Waals surface area contributed by atoms with Gasteiger partial charge in [-0.15, -0.1) is 0 Å². The molecule has 0 unspecified atom stereocenters. The fourth-order valence-electron chi connectivity index (χ4n) is 2.24. The summed E-state index contributed by atoms with van der Waals surface area (Å²) >= 11 is 41.1. The molecule has 0 atom stereocenters. The van der Waals surface area contributed by atoms with Crippen molar-refractivity contribution in [1.29, 1.82) is 0 Å². The van der Waals surface area contributed by atoms with Gasteiger partial charge in [-0.25, -0.2) is 0 Å². The Hall–Kier alpha value is 1.14. The van der Waals surface area contributed by atoms with Crippen molar-refractivity contribution in [3.05, 3.63) is 41.0 Å². The molecule has 0 spiro atoms. The van der Waals surface area contributed by atoms with E-state index in [0.717, 1.165) is 30.7 Å². The summed E-state index contributed by atoms with van der Waals surface area (Å²) in [6.07, 6.45) is 0.388. The lowest BCUT2D eigenvalue weighted by Crippen LogP contribution is -2.21. The van der Waals surface area contributed by atoms with Gasteiger partial charge in [0.25, 0.3) is 0 Å². The molecule has 0 N–H and O–H groups in total. The van der Waals surface area contributed by atoms with Crippen molar-refractivity contribution in [2.75, 3.05) is 0 Å². The Labute approximate surface area is 167 Å². The van der Waals surface area contributed by atoms with Gasteiger partial charge in [0, 0.05) is 31.1 Å². The molecular formula is C14H8Cl6S2. The highest BCUT2D eigenvalue weighted by molar-refractivity contribution is 8.11. The number of allylic oxidation sites excluding steroid dienone is 2. The summed E-state index contributed by atoms with van der Waals surface area (Å²) in [5.41, 5.74) is 1.77. The third-order valence-corrected chi connectivity index (χ3v) is 9.35. The van der Waals surface area contributed by atoms with Crippen LogP contribution in [0.3, 0.4) is 0 Å². The van der Waals surface area contributed by atoms with E-state index in [-0.39, 0.29) is 0 Å². The minimum atomic E-state index is -1.00. The van der Waals surface area contributed by atoms with Gasteiger partial charge in [0.1, 0.15) is 4.33 Å². The minimum Gasteiger partial charge on any atom is -0.0962 e. The van der Waals surface area contributed by atoms with E-state index in [9.17, 15) is 0 Å². The number of fused-ring (bicyclic) bond motifs is 2. The van der Waals surface area contributed by atoms with Gasteiger partial charge in [-0.2, -0.15) is 0 Å². The van der Waals surface area contributed by atoms with E-state index in [2.05, 4.69) is 0 Å². The van der Waals surface area contributed by atoms with Crippen LogP contribution in [0.15, 0.2) is 30.2 Å². The predicted molar refractivity (Wildman–Crippen MR) is 103 cm³/mol. The van der Waals surface area contributed by atoms with Crippen molar-refractivity contribution in [1.82, 2.24) is 0 Å². The zero-order valence-electron chi connectivity index (χ0n) is 11.3. The Morgan fingerprint density at radius 1 is 0.818 bits per heavy atom. The molecule has 1 aliphatic carbocycles. The minimum absolute atomic E-state index is 0.364. The molecule has 1 aromatic rings. The quantitative estimate of drug-likeness (QED) is 0.286. The average molecular weight is 453 g/mol. The molecule has 0 saturated heterocycles. The highest BCUT2D eigenvalue weighted by Gasteiger charge is 2.40. The van der Waals surface area contributed by atoms with Crippen LogP contribution in [0.2, 0.25) is 15.1 Å². The maximum Gasteiger partial charge on any atom is 0.145 e. The third-order valence-electron chi connectivity index (χ3n) is 3.59. The number of hydrogen-bond acceptors (Lipinski definition) is 2. The molecule has 3 rings (SSSR count). The molecule has 0 saturated carbocycles. The Morgan fingerprint density at radius 2 is 1.41 bits per heavy atom. The summed E-state index contributed by atoms with van der Waals surface area (Å²) in [5.74, 6) is 0. The fraction of sp³-hybridized carbons (Fsp3) is 0.286.